The van der Waals surface area contributed by atoms with Gasteiger partial charge in [0.15, 0.2) is 0 Å². The molecule has 0 fully saturated rings. The molecule has 0 bridgehead atoms. The van der Waals surface area contributed by atoms with Crippen LogP contribution in [0, 0.1) is 5.82 Å². The van der Waals surface area contributed by atoms with E-state index < -0.39 is 17.2 Å². The van der Waals surface area contributed by atoms with Crippen LogP contribution >= 0.6 is 0 Å². The fourth-order valence-corrected chi connectivity index (χ4v) is 2.02. The second-order valence-corrected chi connectivity index (χ2v) is 4.26. The minimum atomic E-state index is -0.838. The quantitative estimate of drug-likeness (QED) is 0.709. The molecular formula is C14H9FN2O3. The van der Waals surface area contributed by atoms with E-state index in [1.54, 1.807) is 24.5 Å². The summed E-state index contributed by atoms with van der Waals surface area (Å²) >= 11 is 0. The Labute approximate surface area is 111 Å². The van der Waals surface area contributed by atoms with E-state index in [1.165, 1.54) is 16.7 Å². The van der Waals surface area contributed by atoms with Gasteiger partial charge in [0.05, 0.1) is 17.4 Å². The van der Waals surface area contributed by atoms with E-state index in [-0.39, 0.29) is 11.9 Å². The van der Waals surface area contributed by atoms with Gasteiger partial charge in [0.1, 0.15) is 5.82 Å². The molecule has 5 nitrogen and oxygen atoms in total. The molecule has 0 atom stereocenters. The largest absolute Gasteiger partial charge is 0.422 e. The summed E-state index contributed by atoms with van der Waals surface area (Å²) in [5, 5.41) is 0.0404. The van der Waals surface area contributed by atoms with Gasteiger partial charge in [-0.2, -0.15) is 0 Å². The van der Waals surface area contributed by atoms with Crippen LogP contribution in [0.2, 0.25) is 0 Å². The number of hydrogen-bond donors (Lipinski definition) is 0. The Morgan fingerprint density at radius 1 is 1.15 bits per heavy atom. The fraction of sp³-hybridized carbons (Fsp3) is 0.0714. The maximum Gasteiger partial charge on any atom is 0.422 e. The van der Waals surface area contributed by atoms with Crippen LogP contribution in [-0.4, -0.2) is 9.55 Å². The minimum Gasteiger partial charge on any atom is -0.372 e. The first-order chi connectivity index (χ1) is 9.65. The monoisotopic (exact) mass is 272 g/mol. The van der Waals surface area contributed by atoms with E-state index >= 15 is 0 Å². The van der Waals surface area contributed by atoms with Crippen LogP contribution in [0.5, 0.6) is 0 Å². The average molecular weight is 272 g/mol. The first-order valence-corrected chi connectivity index (χ1v) is 5.87. The standard InChI is InChI=1S/C14H9FN2O3/c15-10-1-2-12-11(7-10)13(18)20-14(19)17(12)8-9-3-5-16-6-4-9/h1-7H,8H2. The van der Waals surface area contributed by atoms with Gasteiger partial charge in [0, 0.05) is 12.4 Å². The molecule has 0 aliphatic heterocycles. The summed E-state index contributed by atoms with van der Waals surface area (Å²) in [6.07, 6.45) is 3.20. The number of nitrogens with zero attached hydrogens (tertiary/aromatic N) is 2. The molecule has 3 aromatic rings. The van der Waals surface area contributed by atoms with Crippen molar-refractivity contribution in [1.82, 2.24) is 9.55 Å². The van der Waals surface area contributed by atoms with Gasteiger partial charge in [0.25, 0.3) is 0 Å². The Hall–Kier alpha value is -2.76. The Kier molecular flexibility index (Phi) is 2.90. The molecule has 6 heteroatoms. The second kappa shape index (κ2) is 4.73. The summed E-state index contributed by atoms with van der Waals surface area (Å²) in [5.41, 5.74) is 0.321. The summed E-state index contributed by atoms with van der Waals surface area (Å²) in [5.74, 6) is -1.33. The van der Waals surface area contributed by atoms with Gasteiger partial charge >= 0.3 is 11.4 Å². The third-order valence-electron chi connectivity index (χ3n) is 2.96. The van der Waals surface area contributed by atoms with Crippen molar-refractivity contribution in [3.63, 3.8) is 0 Å². The van der Waals surface area contributed by atoms with Crippen LogP contribution < -0.4 is 11.4 Å². The van der Waals surface area contributed by atoms with Crippen LogP contribution in [0.15, 0.2) is 56.7 Å². The van der Waals surface area contributed by atoms with Crippen molar-refractivity contribution in [2.24, 2.45) is 0 Å². The van der Waals surface area contributed by atoms with E-state index in [9.17, 15) is 14.0 Å². The Morgan fingerprint density at radius 3 is 2.65 bits per heavy atom. The fourth-order valence-electron chi connectivity index (χ4n) is 2.02. The Balaban J connectivity index is 2.25. The van der Waals surface area contributed by atoms with Gasteiger partial charge in [0.2, 0.25) is 0 Å². The smallest absolute Gasteiger partial charge is 0.372 e. The van der Waals surface area contributed by atoms with Crippen molar-refractivity contribution in [2.75, 3.05) is 0 Å². The van der Waals surface area contributed by atoms with Crippen LogP contribution in [0.4, 0.5) is 4.39 Å². The molecule has 1 aromatic carbocycles. The van der Waals surface area contributed by atoms with Crippen LogP contribution in [0.1, 0.15) is 5.56 Å². The first kappa shape index (κ1) is 12.3. The third-order valence-corrected chi connectivity index (χ3v) is 2.96. The van der Waals surface area contributed by atoms with Gasteiger partial charge in [-0.25, -0.2) is 14.0 Å². The lowest BCUT2D eigenvalue weighted by Crippen LogP contribution is -2.25. The zero-order chi connectivity index (χ0) is 14.1. The molecule has 2 aromatic heterocycles. The normalized spacial score (nSPS) is 10.8. The van der Waals surface area contributed by atoms with E-state index in [0.29, 0.717) is 5.52 Å². The van der Waals surface area contributed by atoms with E-state index in [0.717, 1.165) is 11.6 Å². The number of benzene rings is 1. The molecule has 0 radical (unpaired) electrons. The van der Waals surface area contributed by atoms with Gasteiger partial charge in [-0.3, -0.25) is 9.55 Å². The Morgan fingerprint density at radius 2 is 1.90 bits per heavy atom. The first-order valence-electron chi connectivity index (χ1n) is 5.87. The SMILES string of the molecule is O=c1oc(=O)n(Cc2ccncc2)c2ccc(F)cc12. The zero-order valence-corrected chi connectivity index (χ0v) is 10.2. The number of hydrogen-bond acceptors (Lipinski definition) is 4. The molecule has 0 spiro atoms. The van der Waals surface area contributed by atoms with E-state index in [2.05, 4.69) is 9.40 Å². The predicted octanol–water partition coefficient (Wildman–Crippen LogP) is 1.54. The molecule has 100 valence electrons. The van der Waals surface area contributed by atoms with Crippen molar-refractivity contribution >= 4 is 10.9 Å². The summed E-state index contributed by atoms with van der Waals surface area (Å²) in [6, 6.07) is 7.14. The minimum absolute atomic E-state index is 0.0404. The molecule has 0 aliphatic rings. The van der Waals surface area contributed by atoms with Crippen LogP contribution in [0.25, 0.3) is 10.9 Å². The van der Waals surface area contributed by atoms with Crippen molar-refractivity contribution in [1.29, 1.82) is 0 Å². The highest BCUT2D eigenvalue weighted by Gasteiger charge is 2.10. The highest BCUT2D eigenvalue weighted by Crippen LogP contribution is 2.11. The van der Waals surface area contributed by atoms with E-state index in [1.807, 2.05) is 0 Å². The van der Waals surface area contributed by atoms with Gasteiger partial charge in [-0.15, -0.1) is 0 Å². The predicted molar refractivity (Wildman–Crippen MR) is 70.0 cm³/mol. The number of fused-ring (bicyclic) bond motifs is 1. The molecule has 20 heavy (non-hydrogen) atoms. The molecule has 0 saturated carbocycles. The highest BCUT2D eigenvalue weighted by atomic mass is 19.1. The average Bonchev–Trinajstić information content (AvgIpc) is 2.45. The molecule has 2 heterocycles. The maximum absolute atomic E-state index is 13.2. The third kappa shape index (κ3) is 2.11. The number of rotatable bonds is 2. The van der Waals surface area contributed by atoms with Crippen molar-refractivity contribution in [3.05, 3.63) is 75.1 Å². The van der Waals surface area contributed by atoms with Crippen LogP contribution in [0.3, 0.4) is 0 Å². The molecule has 3 rings (SSSR count). The Bertz CT molecular complexity index is 884. The van der Waals surface area contributed by atoms with Gasteiger partial charge in [-0.1, -0.05) is 0 Å². The second-order valence-electron chi connectivity index (χ2n) is 4.26. The number of pyridine rings is 1. The molecule has 0 N–H and O–H groups in total. The molecule has 0 amide bonds. The highest BCUT2D eigenvalue weighted by molar-refractivity contribution is 5.77. The molecule has 0 aliphatic carbocycles. The molecule has 0 saturated heterocycles. The molecular weight excluding hydrogens is 263 g/mol. The topological polar surface area (TPSA) is 65.1 Å². The van der Waals surface area contributed by atoms with Gasteiger partial charge in [-0.05, 0) is 35.9 Å². The van der Waals surface area contributed by atoms with Crippen molar-refractivity contribution < 1.29 is 8.81 Å². The molecule has 0 unspecified atom stereocenters. The summed E-state index contributed by atoms with van der Waals surface area (Å²) in [6.45, 7) is 0.216. The van der Waals surface area contributed by atoms with Crippen molar-refractivity contribution in [2.45, 2.75) is 6.54 Å². The van der Waals surface area contributed by atoms with Gasteiger partial charge < -0.3 is 4.42 Å². The van der Waals surface area contributed by atoms with Crippen molar-refractivity contribution in [3.8, 4) is 0 Å². The van der Waals surface area contributed by atoms with Crippen LogP contribution in [-0.2, 0) is 6.54 Å². The summed E-state index contributed by atoms with van der Waals surface area (Å²) < 4.78 is 19.1. The lowest BCUT2D eigenvalue weighted by molar-refractivity contribution is 0.424. The zero-order valence-electron chi connectivity index (χ0n) is 10.2. The number of halogens is 1. The maximum atomic E-state index is 13.2. The summed E-state index contributed by atoms with van der Waals surface area (Å²) in [4.78, 5) is 27.3. The van der Waals surface area contributed by atoms with E-state index in [4.69, 9.17) is 0 Å². The number of aromatic nitrogens is 2. The summed E-state index contributed by atoms with van der Waals surface area (Å²) in [7, 11) is 0. The lowest BCUT2D eigenvalue weighted by Gasteiger charge is -2.08. The lowest BCUT2D eigenvalue weighted by atomic mass is 10.2.